The normalized spacial score (nSPS) is 12.5. The van der Waals surface area contributed by atoms with Gasteiger partial charge >= 0.3 is 6.09 Å². The van der Waals surface area contributed by atoms with Crippen molar-refractivity contribution in [3.63, 3.8) is 0 Å². The van der Waals surface area contributed by atoms with Crippen LogP contribution >= 0.6 is 0 Å². The van der Waals surface area contributed by atoms with Crippen molar-refractivity contribution in [3.8, 4) is 6.07 Å². The molecule has 1 rings (SSSR count). The van der Waals surface area contributed by atoms with E-state index in [0.717, 1.165) is 32.5 Å². The summed E-state index contributed by atoms with van der Waals surface area (Å²) in [6, 6.07) is 12.5. The summed E-state index contributed by atoms with van der Waals surface area (Å²) in [7, 11) is 0. The van der Waals surface area contributed by atoms with Crippen LogP contribution in [0.1, 0.15) is 52.5 Å². The van der Waals surface area contributed by atoms with Gasteiger partial charge in [0.05, 0.1) is 6.07 Å². The second-order valence-corrected chi connectivity index (χ2v) is 7.36. The van der Waals surface area contributed by atoms with E-state index in [4.69, 9.17) is 10.00 Å². The van der Waals surface area contributed by atoms with E-state index in [1.54, 1.807) is 0 Å². The monoisotopic (exact) mass is 345 g/mol. The number of rotatable bonds is 9. The predicted molar refractivity (Wildman–Crippen MR) is 100 cm³/mol. The van der Waals surface area contributed by atoms with Crippen LogP contribution in [-0.4, -0.2) is 35.7 Å². The second kappa shape index (κ2) is 10.7. The Morgan fingerprint density at radius 1 is 1.28 bits per heavy atom. The molecule has 0 radical (unpaired) electrons. The van der Waals surface area contributed by atoms with Gasteiger partial charge in [-0.05, 0) is 52.6 Å². The molecule has 5 nitrogen and oxygen atoms in total. The Bertz CT molecular complexity index is 546. The largest absolute Gasteiger partial charge is 0.444 e. The van der Waals surface area contributed by atoms with Crippen molar-refractivity contribution in [1.82, 2.24) is 10.2 Å². The lowest BCUT2D eigenvalue weighted by atomic mass is 10.1. The molecular formula is C20H31N3O2. The first-order valence-electron chi connectivity index (χ1n) is 8.93. The first-order chi connectivity index (χ1) is 11.8. The number of amides is 1. The van der Waals surface area contributed by atoms with E-state index in [9.17, 15) is 4.79 Å². The third-order valence-corrected chi connectivity index (χ3v) is 3.65. The lowest BCUT2D eigenvalue weighted by molar-refractivity contribution is 0.0503. The van der Waals surface area contributed by atoms with Crippen molar-refractivity contribution in [2.75, 3.05) is 13.1 Å². The molecule has 0 aromatic heterocycles. The Labute approximate surface area is 152 Å². The van der Waals surface area contributed by atoms with Gasteiger partial charge in [0.25, 0.3) is 0 Å². The minimum Gasteiger partial charge on any atom is -0.444 e. The third-order valence-electron chi connectivity index (χ3n) is 3.65. The van der Waals surface area contributed by atoms with E-state index >= 15 is 0 Å². The van der Waals surface area contributed by atoms with Crippen molar-refractivity contribution in [2.45, 2.75) is 65.1 Å². The average molecular weight is 345 g/mol. The van der Waals surface area contributed by atoms with Crippen molar-refractivity contribution in [2.24, 2.45) is 0 Å². The number of benzene rings is 1. The number of carbonyl (C=O) groups excluding carboxylic acids is 1. The van der Waals surface area contributed by atoms with E-state index < -0.39 is 5.60 Å². The Kier molecular flexibility index (Phi) is 9.01. The van der Waals surface area contributed by atoms with E-state index in [2.05, 4.69) is 28.4 Å². The molecule has 0 saturated heterocycles. The van der Waals surface area contributed by atoms with Gasteiger partial charge in [0.15, 0.2) is 0 Å². The highest BCUT2D eigenvalue weighted by molar-refractivity contribution is 5.67. The second-order valence-electron chi connectivity index (χ2n) is 7.36. The van der Waals surface area contributed by atoms with E-state index in [1.165, 1.54) is 5.56 Å². The lowest BCUT2D eigenvalue weighted by Crippen LogP contribution is -2.39. The summed E-state index contributed by atoms with van der Waals surface area (Å²) >= 11 is 0. The molecule has 1 aromatic rings. The molecule has 1 N–H and O–H groups in total. The molecule has 0 aliphatic heterocycles. The van der Waals surface area contributed by atoms with Gasteiger partial charge in [0.1, 0.15) is 5.60 Å². The molecule has 1 unspecified atom stereocenters. The summed E-state index contributed by atoms with van der Waals surface area (Å²) in [5.74, 6) is 0. The Morgan fingerprint density at radius 2 is 1.96 bits per heavy atom. The van der Waals surface area contributed by atoms with Crippen molar-refractivity contribution in [3.05, 3.63) is 35.9 Å². The predicted octanol–water partition coefficient (Wildman–Crippen LogP) is 4.10. The van der Waals surface area contributed by atoms with E-state index in [-0.39, 0.29) is 12.1 Å². The van der Waals surface area contributed by atoms with Crippen LogP contribution in [0.5, 0.6) is 0 Å². The van der Waals surface area contributed by atoms with Crippen LogP contribution in [0.3, 0.4) is 0 Å². The fourth-order valence-electron chi connectivity index (χ4n) is 2.45. The molecule has 0 aliphatic rings. The number of nitrogens with zero attached hydrogens (tertiary/aromatic N) is 2. The molecule has 0 heterocycles. The Morgan fingerprint density at radius 3 is 2.56 bits per heavy atom. The SMILES string of the molecule is CC(CCN(CCCC#N)Cc1ccccc1)NC(=O)OC(C)(C)C. The van der Waals surface area contributed by atoms with Crippen LogP contribution in [0.4, 0.5) is 4.79 Å². The number of ether oxygens (including phenoxy) is 1. The van der Waals surface area contributed by atoms with Crippen LogP contribution in [0, 0.1) is 11.3 Å². The molecule has 1 aromatic carbocycles. The highest BCUT2D eigenvalue weighted by atomic mass is 16.6. The molecule has 0 fully saturated rings. The van der Waals surface area contributed by atoms with E-state index in [0.29, 0.717) is 6.42 Å². The van der Waals surface area contributed by atoms with Gasteiger partial charge in [-0.2, -0.15) is 5.26 Å². The topological polar surface area (TPSA) is 65.4 Å². The number of unbranched alkanes of at least 4 members (excludes halogenated alkanes) is 1. The van der Waals surface area contributed by atoms with Gasteiger partial charge in [0, 0.05) is 25.6 Å². The highest BCUT2D eigenvalue weighted by Crippen LogP contribution is 2.09. The van der Waals surface area contributed by atoms with Gasteiger partial charge in [-0.3, -0.25) is 4.90 Å². The molecule has 0 aliphatic carbocycles. The van der Waals surface area contributed by atoms with Gasteiger partial charge in [-0.15, -0.1) is 0 Å². The molecule has 0 spiro atoms. The van der Waals surface area contributed by atoms with Gasteiger partial charge in [-0.25, -0.2) is 4.79 Å². The molecule has 0 saturated carbocycles. The molecule has 5 heteroatoms. The van der Waals surface area contributed by atoms with Gasteiger partial charge in [0.2, 0.25) is 0 Å². The minimum absolute atomic E-state index is 0.0316. The number of hydrogen-bond acceptors (Lipinski definition) is 4. The quantitative estimate of drug-likeness (QED) is 0.685. The molecule has 0 bridgehead atoms. The number of nitrogens with one attached hydrogen (secondary N) is 1. The summed E-state index contributed by atoms with van der Waals surface area (Å²) in [5.41, 5.74) is 0.771. The average Bonchev–Trinajstić information content (AvgIpc) is 2.51. The molecular weight excluding hydrogens is 314 g/mol. The molecule has 1 amide bonds. The maximum absolute atomic E-state index is 11.8. The molecule has 25 heavy (non-hydrogen) atoms. The number of nitriles is 1. The van der Waals surface area contributed by atoms with Crippen LogP contribution < -0.4 is 5.32 Å². The maximum atomic E-state index is 11.8. The standard InChI is InChI=1S/C20H31N3O2/c1-17(22-19(24)25-20(2,3)4)12-15-23(14-9-8-13-21)16-18-10-6-5-7-11-18/h5-7,10-11,17H,8-9,12,14-16H2,1-4H3,(H,22,24). The zero-order chi connectivity index (χ0) is 18.7. The van der Waals surface area contributed by atoms with Gasteiger partial charge < -0.3 is 10.1 Å². The fourth-order valence-corrected chi connectivity index (χ4v) is 2.45. The zero-order valence-corrected chi connectivity index (χ0v) is 15.9. The summed E-state index contributed by atoms with van der Waals surface area (Å²) in [4.78, 5) is 14.2. The number of alkyl carbamates (subject to hydrolysis) is 1. The van der Waals surface area contributed by atoms with E-state index in [1.807, 2.05) is 45.9 Å². The Balaban J connectivity index is 2.47. The fraction of sp³-hybridized carbons (Fsp3) is 0.600. The van der Waals surface area contributed by atoms with Crippen molar-refractivity contribution < 1.29 is 9.53 Å². The van der Waals surface area contributed by atoms with Crippen LogP contribution in [0.15, 0.2) is 30.3 Å². The first-order valence-corrected chi connectivity index (χ1v) is 8.93. The first kappa shape index (κ1) is 21.0. The summed E-state index contributed by atoms with van der Waals surface area (Å²) in [6.07, 6.45) is 1.88. The number of hydrogen-bond donors (Lipinski definition) is 1. The Hall–Kier alpha value is -2.06. The van der Waals surface area contributed by atoms with Crippen molar-refractivity contribution in [1.29, 1.82) is 5.26 Å². The van der Waals surface area contributed by atoms with Crippen LogP contribution in [0.25, 0.3) is 0 Å². The maximum Gasteiger partial charge on any atom is 0.407 e. The van der Waals surface area contributed by atoms with Crippen LogP contribution in [0.2, 0.25) is 0 Å². The van der Waals surface area contributed by atoms with Crippen molar-refractivity contribution >= 4 is 6.09 Å². The summed E-state index contributed by atoms with van der Waals surface area (Å²) in [5, 5.41) is 11.6. The molecule has 1 atom stereocenters. The lowest BCUT2D eigenvalue weighted by Gasteiger charge is -2.25. The third kappa shape index (κ3) is 10.4. The van der Waals surface area contributed by atoms with Crippen LogP contribution in [-0.2, 0) is 11.3 Å². The summed E-state index contributed by atoms with van der Waals surface area (Å²) < 4.78 is 5.29. The summed E-state index contributed by atoms with van der Waals surface area (Å²) in [6.45, 7) is 10.1. The van der Waals surface area contributed by atoms with Gasteiger partial charge in [-0.1, -0.05) is 30.3 Å². The number of carbonyl (C=O) groups is 1. The molecule has 138 valence electrons. The smallest absolute Gasteiger partial charge is 0.407 e. The minimum atomic E-state index is -0.486. The highest BCUT2D eigenvalue weighted by Gasteiger charge is 2.18. The zero-order valence-electron chi connectivity index (χ0n) is 15.9.